The molecule has 3 aromatic rings. The summed E-state index contributed by atoms with van der Waals surface area (Å²) in [5, 5.41) is 7.74. The average Bonchev–Trinajstić information content (AvgIpc) is 3.27. The van der Waals surface area contributed by atoms with Crippen molar-refractivity contribution < 1.29 is 14.3 Å². The lowest BCUT2D eigenvalue weighted by Crippen LogP contribution is -2.25. The highest BCUT2D eigenvalue weighted by Gasteiger charge is 2.17. The fourth-order valence-corrected chi connectivity index (χ4v) is 4.06. The van der Waals surface area contributed by atoms with E-state index >= 15 is 0 Å². The van der Waals surface area contributed by atoms with Gasteiger partial charge in [-0.3, -0.25) is 4.79 Å². The summed E-state index contributed by atoms with van der Waals surface area (Å²) in [7, 11) is 0. The summed E-state index contributed by atoms with van der Waals surface area (Å²) in [5.74, 6) is 0.470. The molecule has 6 heteroatoms. The Kier molecular flexibility index (Phi) is 8.24. The lowest BCUT2D eigenvalue weighted by molar-refractivity contribution is 0.0953. The van der Waals surface area contributed by atoms with Crippen LogP contribution in [0.5, 0.6) is 0 Å². The maximum Gasteiger partial charge on any atom is 0.407 e. The molecule has 5 nitrogen and oxygen atoms in total. The van der Waals surface area contributed by atoms with E-state index in [0.29, 0.717) is 24.6 Å². The molecule has 162 valence electrons. The van der Waals surface area contributed by atoms with Gasteiger partial charge in [0.05, 0.1) is 5.56 Å². The van der Waals surface area contributed by atoms with Crippen LogP contribution in [0.3, 0.4) is 0 Å². The second-order valence-corrected chi connectivity index (χ2v) is 8.59. The molecule has 0 fully saturated rings. The Hall–Kier alpha value is -3.12. The summed E-state index contributed by atoms with van der Waals surface area (Å²) in [6.07, 6.45) is 0.466. The molecule has 0 unspecified atom stereocenters. The van der Waals surface area contributed by atoms with Crippen LogP contribution in [0.15, 0.2) is 66.0 Å². The minimum atomic E-state index is -0.475. The highest BCUT2D eigenvalue weighted by Crippen LogP contribution is 2.32. The number of ether oxygens (including phenoxy) is 1. The third-order valence-corrected chi connectivity index (χ3v) is 5.76. The van der Waals surface area contributed by atoms with Gasteiger partial charge in [-0.2, -0.15) is 0 Å². The number of nitrogens with one attached hydrogen (secondary N) is 2. The molecule has 0 aliphatic heterocycles. The molecule has 0 bridgehead atoms. The van der Waals surface area contributed by atoms with Crippen molar-refractivity contribution in [1.82, 2.24) is 10.6 Å². The van der Waals surface area contributed by atoms with Gasteiger partial charge in [-0.1, -0.05) is 68.4 Å². The SMILES string of the molecule is CC(C)CCNC(=O)c1ccsc1-c1ccccc1CNC(=O)OCc1ccccc1. The van der Waals surface area contributed by atoms with Gasteiger partial charge in [0, 0.05) is 18.0 Å². The van der Waals surface area contributed by atoms with Crippen molar-refractivity contribution >= 4 is 23.3 Å². The predicted octanol–water partition coefficient (Wildman–Crippen LogP) is 5.62. The molecule has 3 rings (SSSR count). The van der Waals surface area contributed by atoms with E-state index in [2.05, 4.69) is 24.5 Å². The van der Waals surface area contributed by atoms with Crippen LogP contribution in [0.4, 0.5) is 4.79 Å². The molecule has 0 atom stereocenters. The molecule has 2 amide bonds. The number of hydrogen-bond donors (Lipinski definition) is 2. The van der Waals surface area contributed by atoms with Gasteiger partial charge in [0.1, 0.15) is 6.61 Å². The third kappa shape index (κ3) is 6.69. The van der Waals surface area contributed by atoms with Crippen LogP contribution in [0.25, 0.3) is 10.4 Å². The van der Waals surface area contributed by atoms with Gasteiger partial charge in [0.25, 0.3) is 5.91 Å². The van der Waals surface area contributed by atoms with E-state index in [0.717, 1.165) is 28.0 Å². The zero-order valence-electron chi connectivity index (χ0n) is 17.9. The van der Waals surface area contributed by atoms with Crippen LogP contribution in [-0.2, 0) is 17.9 Å². The quantitative estimate of drug-likeness (QED) is 0.458. The summed E-state index contributed by atoms with van der Waals surface area (Å²) in [6, 6.07) is 19.2. The molecule has 0 aliphatic carbocycles. The maximum absolute atomic E-state index is 12.7. The van der Waals surface area contributed by atoms with E-state index in [4.69, 9.17) is 4.74 Å². The number of thiophene rings is 1. The molecule has 31 heavy (non-hydrogen) atoms. The van der Waals surface area contributed by atoms with Crippen molar-refractivity contribution in [3.63, 3.8) is 0 Å². The summed E-state index contributed by atoms with van der Waals surface area (Å²) in [5.41, 5.74) is 3.46. The van der Waals surface area contributed by atoms with Gasteiger partial charge in [-0.25, -0.2) is 4.79 Å². The van der Waals surface area contributed by atoms with E-state index in [1.54, 1.807) is 0 Å². The van der Waals surface area contributed by atoms with Gasteiger partial charge in [0.15, 0.2) is 0 Å². The number of rotatable bonds is 9. The number of benzene rings is 2. The molecule has 0 aliphatic rings. The number of hydrogen-bond acceptors (Lipinski definition) is 4. The van der Waals surface area contributed by atoms with Crippen molar-refractivity contribution in [3.05, 3.63) is 82.7 Å². The van der Waals surface area contributed by atoms with E-state index in [9.17, 15) is 9.59 Å². The molecule has 1 aromatic heterocycles. The first-order valence-electron chi connectivity index (χ1n) is 10.4. The molecule has 0 spiro atoms. The molecular weight excluding hydrogens is 408 g/mol. The lowest BCUT2D eigenvalue weighted by Gasteiger charge is -2.12. The standard InChI is InChI=1S/C25H28N2O3S/c1-18(2)12-14-26-24(28)22-13-15-31-23(22)21-11-7-6-10-20(21)16-27-25(29)30-17-19-8-4-3-5-9-19/h3-11,13,15,18H,12,14,16-17H2,1-2H3,(H,26,28)(H,27,29). The second-order valence-electron chi connectivity index (χ2n) is 7.67. The van der Waals surface area contributed by atoms with Crippen LogP contribution in [-0.4, -0.2) is 18.5 Å². The predicted molar refractivity (Wildman–Crippen MR) is 125 cm³/mol. The highest BCUT2D eigenvalue weighted by atomic mass is 32.1. The molecule has 2 N–H and O–H groups in total. The Balaban J connectivity index is 1.64. The Morgan fingerprint density at radius 3 is 2.48 bits per heavy atom. The molecule has 0 radical (unpaired) electrons. The Morgan fingerprint density at radius 1 is 0.968 bits per heavy atom. The Bertz CT molecular complexity index is 999. The normalized spacial score (nSPS) is 10.7. The zero-order valence-corrected chi connectivity index (χ0v) is 18.7. The summed E-state index contributed by atoms with van der Waals surface area (Å²) < 4.78 is 5.29. The summed E-state index contributed by atoms with van der Waals surface area (Å²) in [6.45, 7) is 5.46. The summed E-state index contributed by atoms with van der Waals surface area (Å²) >= 11 is 1.52. The van der Waals surface area contributed by atoms with Gasteiger partial charge < -0.3 is 15.4 Å². The molecule has 0 saturated heterocycles. The highest BCUT2D eigenvalue weighted by molar-refractivity contribution is 7.14. The van der Waals surface area contributed by atoms with Crippen molar-refractivity contribution in [2.45, 2.75) is 33.4 Å². The van der Waals surface area contributed by atoms with Crippen molar-refractivity contribution in [2.75, 3.05) is 6.54 Å². The van der Waals surface area contributed by atoms with E-state index < -0.39 is 6.09 Å². The van der Waals surface area contributed by atoms with E-state index in [1.807, 2.05) is 66.0 Å². The van der Waals surface area contributed by atoms with Gasteiger partial charge in [-0.15, -0.1) is 11.3 Å². The smallest absolute Gasteiger partial charge is 0.407 e. The first kappa shape index (κ1) is 22.6. The first-order valence-corrected chi connectivity index (χ1v) is 11.3. The van der Waals surface area contributed by atoms with Crippen LogP contribution >= 0.6 is 11.3 Å². The van der Waals surface area contributed by atoms with Crippen molar-refractivity contribution in [3.8, 4) is 10.4 Å². The van der Waals surface area contributed by atoms with Gasteiger partial charge >= 0.3 is 6.09 Å². The van der Waals surface area contributed by atoms with Crippen LogP contribution in [0, 0.1) is 5.92 Å². The molecule has 1 heterocycles. The third-order valence-electron chi connectivity index (χ3n) is 4.82. The number of carbonyl (C=O) groups excluding carboxylic acids is 2. The number of alkyl carbamates (subject to hydrolysis) is 1. The topological polar surface area (TPSA) is 67.4 Å². The minimum absolute atomic E-state index is 0.0677. The number of amides is 2. The van der Waals surface area contributed by atoms with E-state index in [1.165, 1.54) is 11.3 Å². The lowest BCUT2D eigenvalue weighted by atomic mass is 10.0. The largest absolute Gasteiger partial charge is 0.445 e. The fourth-order valence-electron chi connectivity index (χ4n) is 3.10. The Labute approximate surface area is 187 Å². The monoisotopic (exact) mass is 436 g/mol. The van der Waals surface area contributed by atoms with Gasteiger partial charge in [0.2, 0.25) is 0 Å². The minimum Gasteiger partial charge on any atom is -0.445 e. The second kappa shape index (κ2) is 11.3. The van der Waals surface area contributed by atoms with E-state index in [-0.39, 0.29) is 12.5 Å². The summed E-state index contributed by atoms with van der Waals surface area (Å²) in [4.78, 5) is 25.7. The Morgan fingerprint density at radius 2 is 1.71 bits per heavy atom. The number of carbonyl (C=O) groups is 2. The van der Waals surface area contributed by atoms with Crippen LogP contribution in [0.1, 0.15) is 41.8 Å². The average molecular weight is 437 g/mol. The first-order chi connectivity index (χ1) is 15.0. The molecule has 2 aromatic carbocycles. The van der Waals surface area contributed by atoms with Crippen LogP contribution < -0.4 is 10.6 Å². The van der Waals surface area contributed by atoms with Crippen molar-refractivity contribution in [1.29, 1.82) is 0 Å². The fraction of sp³-hybridized carbons (Fsp3) is 0.280. The zero-order chi connectivity index (χ0) is 22.1. The van der Waals surface area contributed by atoms with Crippen LogP contribution in [0.2, 0.25) is 0 Å². The van der Waals surface area contributed by atoms with Crippen molar-refractivity contribution in [2.24, 2.45) is 5.92 Å². The molecule has 0 saturated carbocycles. The molecular formula is C25H28N2O3S. The van der Waals surface area contributed by atoms with Gasteiger partial charge in [-0.05, 0) is 40.5 Å². The maximum atomic E-state index is 12.7.